The van der Waals surface area contributed by atoms with Crippen molar-refractivity contribution in [1.82, 2.24) is 25.1 Å². The van der Waals surface area contributed by atoms with Crippen molar-refractivity contribution in [2.45, 2.75) is 25.8 Å². The van der Waals surface area contributed by atoms with Gasteiger partial charge >= 0.3 is 0 Å². The SMILES string of the molecule is CC[C@H](C(=O)N1CC[C@H](CN)C1)n1nnc(-c2ccc(Cl)cc2)n1. The topological polar surface area (TPSA) is 89.9 Å². The Morgan fingerprint density at radius 1 is 1.42 bits per heavy atom. The monoisotopic (exact) mass is 348 g/mol. The number of hydrogen-bond acceptors (Lipinski definition) is 5. The lowest BCUT2D eigenvalue weighted by atomic mass is 10.1. The standard InChI is InChI=1S/C16H21ClN6O/c1-2-14(16(24)22-8-7-11(9-18)10-22)23-20-15(19-21-23)12-3-5-13(17)6-4-12/h3-6,11,14H,2,7-10,18H2,1H3/t11-,14-/m1/s1. The Hall–Kier alpha value is -1.99. The van der Waals surface area contributed by atoms with Crippen LogP contribution in [0.3, 0.4) is 0 Å². The third-order valence-corrected chi connectivity index (χ3v) is 4.66. The van der Waals surface area contributed by atoms with Crippen LogP contribution in [-0.2, 0) is 4.79 Å². The van der Waals surface area contributed by atoms with Crippen molar-refractivity contribution in [1.29, 1.82) is 0 Å². The smallest absolute Gasteiger partial charge is 0.249 e. The van der Waals surface area contributed by atoms with Gasteiger partial charge in [-0.15, -0.1) is 10.2 Å². The van der Waals surface area contributed by atoms with Gasteiger partial charge in [-0.1, -0.05) is 18.5 Å². The lowest BCUT2D eigenvalue weighted by Gasteiger charge is -2.21. The summed E-state index contributed by atoms with van der Waals surface area (Å²) in [6.45, 7) is 4.02. The van der Waals surface area contributed by atoms with Gasteiger partial charge in [0.05, 0.1) is 0 Å². The largest absolute Gasteiger partial charge is 0.340 e. The summed E-state index contributed by atoms with van der Waals surface area (Å²) in [7, 11) is 0. The first-order valence-electron chi connectivity index (χ1n) is 8.16. The first-order valence-corrected chi connectivity index (χ1v) is 8.54. The van der Waals surface area contributed by atoms with Gasteiger partial charge in [-0.3, -0.25) is 4.79 Å². The van der Waals surface area contributed by atoms with Crippen molar-refractivity contribution >= 4 is 17.5 Å². The van der Waals surface area contributed by atoms with Gasteiger partial charge in [0, 0.05) is 23.7 Å². The molecular weight excluding hydrogens is 328 g/mol. The number of nitrogens with zero attached hydrogens (tertiary/aromatic N) is 5. The van der Waals surface area contributed by atoms with Gasteiger partial charge in [0.15, 0.2) is 6.04 Å². The minimum Gasteiger partial charge on any atom is -0.340 e. The van der Waals surface area contributed by atoms with E-state index in [-0.39, 0.29) is 5.91 Å². The maximum absolute atomic E-state index is 12.8. The van der Waals surface area contributed by atoms with Gasteiger partial charge in [-0.25, -0.2) is 0 Å². The summed E-state index contributed by atoms with van der Waals surface area (Å²) < 4.78 is 0. The Balaban J connectivity index is 1.76. The Morgan fingerprint density at radius 2 is 2.17 bits per heavy atom. The van der Waals surface area contributed by atoms with E-state index in [1.807, 2.05) is 24.0 Å². The summed E-state index contributed by atoms with van der Waals surface area (Å²) >= 11 is 5.89. The fraction of sp³-hybridized carbons (Fsp3) is 0.500. The summed E-state index contributed by atoms with van der Waals surface area (Å²) in [4.78, 5) is 16.0. The molecule has 1 saturated heterocycles. The molecule has 0 saturated carbocycles. The van der Waals surface area contributed by atoms with Crippen molar-refractivity contribution < 1.29 is 4.79 Å². The zero-order valence-corrected chi connectivity index (χ0v) is 14.4. The molecule has 128 valence electrons. The van der Waals surface area contributed by atoms with E-state index >= 15 is 0 Å². The minimum absolute atomic E-state index is 0.0357. The number of hydrogen-bond donors (Lipinski definition) is 1. The van der Waals surface area contributed by atoms with Gasteiger partial charge in [-0.05, 0) is 54.8 Å². The normalized spacial score (nSPS) is 18.8. The van der Waals surface area contributed by atoms with E-state index in [2.05, 4.69) is 15.4 Å². The number of likely N-dealkylation sites (tertiary alicyclic amines) is 1. The Bertz CT molecular complexity index is 701. The van der Waals surface area contributed by atoms with Crippen molar-refractivity contribution in [3.63, 3.8) is 0 Å². The molecule has 2 N–H and O–H groups in total. The molecular formula is C16H21ClN6O. The highest BCUT2D eigenvalue weighted by molar-refractivity contribution is 6.30. The highest BCUT2D eigenvalue weighted by Gasteiger charge is 2.31. The van der Waals surface area contributed by atoms with Crippen LogP contribution in [0.25, 0.3) is 11.4 Å². The molecule has 0 aliphatic carbocycles. The molecule has 0 bridgehead atoms. The van der Waals surface area contributed by atoms with Crippen molar-refractivity contribution in [3.05, 3.63) is 29.3 Å². The molecule has 24 heavy (non-hydrogen) atoms. The molecule has 0 spiro atoms. The Labute approximate surface area is 145 Å². The van der Waals surface area contributed by atoms with E-state index in [0.717, 1.165) is 18.5 Å². The van der Waals surface area contributed by atoms with Gasteiger partial charge in [0.2, 0.25) is 11.7 Å². The van der Waals surface area contributed by atoms with E-state index in [1.54, 1.807) is 12.1 Å². The predicted molar refractivity (Wildman–Crippen MR) is 91.3 cm³/mol. The van der Waals surface area contributed by atoms with Crippen LogP contribution in [0.4, 0.5) is 0 Å². The van der Waals surface area contributed by atoms with Crippen LogP contribution < -0.4 is 5.73 Å². The maximum atomic E-state index is 12.8. The second-order valence-corrected chi connectivity index (χ2v) is 6.48. The number of nitrogens with two attached hydrogens (primary N) is 1. The summed E-state index contributed by atoms with van der Waals surface area (Å²) in [5.74, 6) is 0.910. The molecule has 1 aliphatic heterocycles. The molecule has 3 rings (SSSR count). The molecule has 0 unspecified atom stereocenters. The van der Waals surface area contributed by atoms with Crippen LogP contribution in [0.2, 0.25) is 5.02 Å². The number of amides is 1. The highest BCUT2D eigenvalue weighted by Crippen LogP contribution is 2.22. The maximum Gasteiger partial charge on any atom is 0.249 e. The lowest BCUT2D eigenvalue weighted by Crippen LogP contribution is -2.37. The first kappa shape index (κ1) is 16.9. The number of aromatic nitrogens is 4. The van der Waals surface area contributed by atoms with Crippen molar-refractivity contribution in [3.8, 4) is 11.4 Å². The van der Waals surface area contributed by atoms with E-state index in [4.69, 9.17) is 17.3 Å². The fourth-order valence-electron chi connectivity index (χ4n) is 2.94. The van der Waals surface area contributed by atoms with E-state index in [0.29, 0.717) is 36.3 Å². The molecule has 7 nitrogen and oxygen atoms in total. The zero-order valence-electron chi connectivity index (χ0n) is 13.6. The average molecular weight is 349 g/mol. The van der Waals surface area contributed by atoms with Crippen LogP contribution in [0, 0.1) is 5.92 Å². The second-order valence-electron chi connectivity index (χ2n) is 6.04. The number of tetrazole rings is 1. The number of carbonyl (C=O) groups excluding carboxylic acids is 1. The third kappa shape index (κ3) is 3.42. The van der Waals surface area contributed by atoms with Gasteiger partial charge in [0.25, 0.3) is 0 Å². The lowest BCUT2D eigenvalue weighted by molar-refractivity contribution is -0.134. The summed E-state index contributed by atoms with van der Waals surface area (Å²) in [5, 5.41) is 13.2. The van der Waals surface area contributed by atoms with Crippen LogP contribution in [0.1, 0.15) is 25.8 Å². The van der Waals surface area contributed by atoms with Crippen LogP contribution in [0.15, 0.2) is 24.3 Å². The molecule has 1 aliphatic rings. The zero-order chi connectivity index (χ0) is 17.1. The van der Waals surface area contributed by atoms with E-state index < -0.39 is 6.04 Å². The molecule has 1 amide bonds. The highest BCUT2D eigenvalue weighted by atomic mass is 35.5. The van der Waals surface area contributed by atoms with Gasteiger partial charge < -0.3 is 10.6 Å². The summed E-state index contributed by atoms with van der Waals surface area (Å²) in [6, 6.07) is 6.78. The first-order chi connectivity index (χ1) is 11.6. The Morgan fingerprint density at radius 3 is 2.79 bits per heavy atom. The fourth-order valence-corrected chi connectivity index (χ4v) is 3.07. The molecule has 2 heterocycles. The van der Waals surface area contributed by atoms with Gasteiger partial charge in [0.1, 0.15) is 0 Å². The number of benzene rings is 1. The molecule has 1 aromatic carbocycles. The molecule has 1 aromatic heterocycles. The Kier molecular flexibility index (Phi) is 5.11. The average Bonchev–Trinajstić information content (AvgIpc) is 3.25. The molecule has 2 aromatic rings. The number of rotatable bonds is 5. The van der Waals surface area contributed by atoms with Crippen molar-refractivity contribution in [2.75, 3.05) is 19.6 Å². The number of halogens is 1. The number of carbonyl (C=O) groups is 1. The minimum atomic E-state index is -0.435. The quantitative estimate of drug-likeness (QED) is 0.889. The van der Waals surface area contributed by atoms with Crippen molar-refractivity contribution in [2.24, 2.45) is 11.7 Å². The molecule has 0 radical (unpaired) electrons. The van der Waals surface area contributed by atoms with Crippen LogP contribution in [0.5, 0.6) is 0 Å². The van der Waals surface area contributed by atoms with E-state index in [1.165, 1.54) is 4.80 Å². The summed E-state index contributed by atoms with van der Waals surface area (Å²) in [5.41, 5.74) is 6.52. The van der Waals surface area contributed by atoms with Gasteiger partial charge in [-0.2, -0.15) is 4.80 Å². The van der Waals surface area contributed by atoms with E-state index in [9.17, 15) is 4.79 Å². The second kappa shape index (κ2) is 7.27. The summed E-state index contributed by atoms with van der Waals surface area (Å²) in [6.07, 6.45) is 1.57. The van der Waals surface area contributed by atoms with Crippen LogP contribution in [-0.4, -0.2) is 50.6 Å². The predicted octanol–water partition coefficient (Wildman–Crippen LogP) is 1.75. The molecule has 8 heteroatoms. The van der Waals surface area contributed by atoms with Crippen LogP contribution >= 0.6 is 11.6 Å². The molecule has 1 fully saturated rings. The third-order valence-electron chi connectivity index (χ3n) is 4.41. The molecule has 2 atom stereocenters.